The number of aromatic carboxylic acids is 1. The second-order valence-corrected chi connectivity index (χ2v) is 5.09. The molecule has 0 saturated heterocycles. The molecule has 0 aromatic heterocycles. The van der Waals surface area contributed by atoms with Crippen molar-refractivity contribution in [1.82, 2.24) is 0 Å². The van der Waals surface area contributed by atoms with Crippen LogP contribution in [0.3, 0.4) is 0 Å². The predicted molar refractivity (Wildman–Crippen MR) is 78.6 cm³/mol. The predicted octanol–water partition coefficient (Wildman–Crippen LogP) is 3.53. The summed E-state index contributed by atoms with van der Waals surface area (Å²) in [6, 6.07) is 9.89. The summed E-state index contributed by atoms with van der Waals surface area (Å²) in [6.45, 7) is 0. The summed E-state index contributed by atoms with van der Waals surface area (Å²) in [5.74, 6) is -2.15. The zero-order valence-electron chi connectivity index (χ0n) is 10.6. The highest BCUT2D eigenvalue weighted by Gasteiger charge is 2.25. The smallest absolute Gasteiger partial charge is 0.335 e. The van der Waals surface area contributed by atoms with Crippen LogP contribution in [0.4, 0.5) is 0 Å². The fourth-order valence-corrected chi connectivity index (χ4v) is 2.71. The lowest BCUT2D eigenvalue weighted by Crippen LogP contribution is -1.97. The Morgan fingerprint density at radius 2 is 1.52 bits per heavy atom. The molecule has 5 heteroatoms. The normalized spacial score (nSPS) is 13.9. The third-order valence-electron chi connectivity index (χ3n) is 3.39. The van der Waals surface area contributed by atoms with Gasteiger partial charge >= 0.3 is 11.9 Å². The quantitative estimate of drug-likeness (QED) is 0.710. The van der Waals surface area contributed by atoms with Crippen LogP contribution in [0.5, 0.6) is 0 Å². The van der Waals surface area contributed by atoms with Crippen LogP contribution in [0.2, 0.25) is 5.02 Å². The minimum atomic E-state index is -1.09. The Labute approximate surface area is 124 Å². The lowest BCUT2D eigenvalue weighted by atomic mass is 10.0. The Morgan fingerprint density at radius 3 is 2.14 bits per heavy atom. The molecule has 104 valence electrons. The van der Waals surface area contributed by atoms with E-state index in [1.54, 1.807) is 24.3 Å². The van der Waals surface area contributed by atoms with Crippen LogP contribution in [0, 0.1) is 0 Å². The number of carboxylic acid groups (broad SMARTS) is 2. The van der Waals surface area contributed by atoms with Crippen LogP contribution >= 0.6 is 11.6 Å². The summed E-state index contributed by atoms with van der Waals surface area (Å²) >= 11 is 5.98. The minimum Gasteiger partial charge on any atom is -0.478 e. The van der Waals surface area contributed by atoms with Gasteiger partial charge in [0.1, 0.15) is 0 Å². The molecule has 0 radical (unpaired) electrons. The van der Waals surface area contributed by atoms with Gasteiger partial charge < -0.3 is 10.2 Å². The van der Waals surface area contributed by atoms with Gasteiger partial charge in [-0.2, -0.15) is 0 Å². The SMILES string of the molecule is O=C(O)/C=C1\c2cc(Cl)ccc2-c2ccc(C(=O)O)cc21. The molecule has 1 aliphatic carbocycles. The number of hydrogen-bond donors (Lipinski definition) is 2. The third-order valence-corrected chi connectivity index (χ3v) is 3.62. The first kappa shape index (κ1) is 13.4. The molecule has 4 nitrogen and oxygen atoms in total. The number of aliphatic carboxylic acids is 1. The Morgan fingerprint density at radius 1 is 0.905 bits per heavy atom. The number of hydrogen-bond acceptors (Lipinski definition) is 2. The van der Waals surface area contributed by atoms with Gasteiger partial charge in [0.2, 0.25) is 0 Å². The van der Waals surface area contributed by atoms with Crippen molar-refractivity contribution in [3.8, 4) is 11.1 Å². The maximum absolute atomic E-state index is 11.1. The molecule has 1 aliphatic rings. The Bertz CT molecular complexity index is 821. The van der Waals surface area contributed by atoms with Crippen LogP contribution in [0.25, 0.3) is 16.7 Å². The number of halogens is 1. The average Bonchev–Trinajstić information content (AvgIpc) is 2.71. The lowest BCUT2D eigenvalue weighted by molar-refractivity contribution is -0.131. The highest BCUT2D eigenvalue weighted by Crippen LogP contribution is 2.45. The van der Waals surface area contributed by atoms with Gasteiger partial charge in [-0.25, -0.2) is 9.59 Å². The van der Waals surface area contributed by atoms with Gasteiger partial charge in [-0.3, -0.25) is 0 Å². The van der Waals surface area contributed by atoms with E-state index in [-0.39, 0.29) is 5.56 Å². The van der Waals surface area contributed by atoms with Gasteiger partial charge in [-0.1, -0.05) is 23.7 Å². The molecule has 21 heavy (non-hydrogen) atoms. The van der Waals surface area contributed by atoms with E-state index in [0.29, 0.717) is 21.7 Å². The molecule has 0 spiro atoms. The van der Waals surface area contributed by atoms with Crippen LogP contribution in [-0.2, 0) is 4.79 Å². The van der Waals surface area contributed by atoms with Crippen LogP contribution in [0.1, 0.15) is 21.5 Å². The average molecular weight is 301 g/mol. The molecule has 0 aliphatic heterocycles. The van der Waals surface area contributed by atoms with E-state index in [2.05, 4.69) is 0 Å². The van der Waals surface area contributed by atoms with E-state index in [9.17, 15) is 9.59 Å². The molecule has 0 saturated carbocycles. The van der Waals surface area contributed by atoms with Crippen molar-refractivity contribution in [3.05, 3.63) is 64.2 Å². The van der Waals surface area contributed by atoms with Gasteiger partial charge in [-0.15, -0.1) is 0 Å². The molecule has 0 bridgehead atoms. The molecular formula is C16H9ClO4. The van der Waals surface area contributed by atoms with E-state index in [0.717, 1.165) is 17.2 Å². The molecule has 0 amide bonds. The van der Waals surface area contributed by atoms with E-state index in [1.807, 2.05) is 0 Å². The molecule has 0 unspecified atom stereocenters. The fourth-order valence-electron chi connectivity index (χ4n) is 2.53. The van der Waals surface area contributed by atoms with Crippen molar-refractivity contribution >= 4 is 29.1 Å². The Hall–Kier alpha value is -2.59. The topological polar surface area (TPSA) is 74.6 Å². The van der Waals surface area contributed by atoms with E-state index >= 15 is 0 Å². The maximum Gasteiger partial charge on any atom is 0.335 e. The van der Waals surface area contributed by atoms with Crippen molar-refractivity contribution in [3.63, 3.8) is 0 Å². The second kappa shape index (κ2) is 4.75. The molecule has 0 atom stereocenters. The lowest BCUT2D eigenvalue weighted by Gasteiger charge is -2.03. The molecule has 2 aromatic carbocycles. The first-order valence-corrected chi connectivity index (χ1v) is 6.48. The second-order valence-electron chi connectivity index (χ2n) is 4.65. The van der Waals surface area contributed by atoms with Gasteiger partial charge in [0.15, 0.2) is 0 Å². The number of benzene rings is 2. The summed E-state index contributed by atoms with van der Waals surface area (Å²) in [7, 11) is 0. The molecule has 3 rings (SSSR count). The first-order valence-electron chi connectivity index (χ1n) is 6.10. The Balaban J connectivity index is 2.32. The summed E-state index contributed by atoms with van der Waals surface area (Å²) < 4.78 is 0. The molecular weight excluding hydrogens is 292 g/mol. The van der Waals surface area contributed by atoms with Gasteiger partial charge in [0.05, 0.1) is 5.56 Å². The zero-order chi connectivity index (χ0) is 15.1. The van der Waals surface area contributed by atoms with Crippen molar-refractivity contribution < 1.29 is 19.8 Å². The molecule has 2 aromatic rings. The summed E-state index contributed by atoms with van der Waals surface area (Å²) in [6.07, 6.45) is 1.08. The number of fused-ring (bicyclic) bond motifs is 3. The monoisotopic (exact) mass is 300 g/mol. The largest absolute Gasteiger partial charge is 0.478 e. The Kier molecular flexibility index (Phi) is 3.03. The summed E-state index contributed by atoms with van der Waals surface area (Å²) in [4.78, 5) is 22.2. The van der Waals surface area contributed by atoms with E-state index in [1.165, 1.54) is 12.1 Å². The maximum atomic E-state index is 11.1. The highest BCUT2D eigenvalue weighted by molar-refractivity contribution is 6.31. The molecule has 0 fully saturated rings. The van der Waals surface area contributed by atoms with Crippen LogP contribution in [-0.4, -0.2) is 22.2 Å². The van der Waals surface area contributed by atoms with Crippen molar-refractivity contribution in [1.29, 1.82) is 0 Å². The first-order chi connectivity index (χ1) is 9.97. The van der Waals surface area contributed by atoms with Gasteiger partial charge in [-0.05, 0) is 52.1 Å². The van der Waals surface area contributed by atoms with E-state index < -0.39 is 11.9 Å². The highest BCUT2D eigenvalue weighted by atomic mass is 35.5. The number of rotatable bonds is 2. The van der Waals surface area contributed by atoms with Crippen LogP contribution in [0.15, 0.2) is 42.5 Å². The summed E-state index contributed by atoms with van der Waals surface area (Å²) in [5.41, 5.74) is 3.53. The molecule has 0 heterocycles. The van der Waals surface area contributed by atoms with E-state index in [4.69, 9.17) is 21.8 Å². The van der Waals surface area contributed by atoms with Crippen molar-refractivity contribution in [2.24, 2.45) is 0 Å². The summed E-state index contributed by atoms with van der Waals surface area (Å²) in [5, 5.41) is 18.6. The fraction of sp³-hybridized carbons (Fsp3) is 0. The zero-order valence-corrected chi connectivity index (χ0v) is 11.4. The van der Waals surface area contributed by atoms with Crippen molar-refractivity contribution in [2.45, 2.75) is 0 Å². The minimum absolute atomic E-state index is 0.115. The van der Waals surface area contributed by atoms with Crippen LogP contribution < -0.4 is 0 Å². The molecule has 2 N–H and O–H groups in total. The standard InChI is InChI=1S/C16H9ClO4/c17-9-2-4-11-10-3-1-8(16(20)21)5-12(10)14(7-15(18)19)13(11)6-9/h1-7H,(H,18,19)(H,20,21)/b14-7-. The van der Waals surface area contributed by atoms with Gasteiger partial charge in [0.25, 0.3) is 0 Å². The van der Waals surface area contributed by atoms with Crippen molar-refractivity contribution in [2.75, 3.05) is 0 Å². The number of carboxylic acids is 2. The number of carbonyl (C=O) groups is 2. The third kappa shape index (κ3) is 2.19. The van der Waals surface area contributed by atoms with Gasteiger partial charge in [0, 0.05) is 11.1 Å².